The normalized spacial score (nSPS) is 16.1. The summed E-state index contributed by atoms with van der Waals surface area (Å²) in [6.45, 7) is 12.4. The number of nitriles is 1. The number of benzene rings is 4. The highest BCUT2D eigenvalue weighted by atomic mass is 35.5. The zero-order chi connectivity index (χ0) is 38.9. The van der Waals surface area contributed by atoms with Crippen molar-refractivity contribution in [1.82, 2.24) is 10.2 Å². The molecular formula is C43H45ClN4O7. The van der Waals surface area contributed by atoms with Gasteiger partial charge in [0.1, 0.15) is 36.0 Å². The van der Waals surface area contributed by atoms with E-state index in [9.17, 15) is 25.4 Å². The van der Waals surface area contributed by atoms with Crippen LogP contribution < -0.4 is 19.5 Å². The number of carboxylic acids is 1. The molecular weight excluding hydrogens is 720 g/mol. The lowest BCUT2D eigenvalue weighted by Crippen LogP contribution is -2.39. The number of hydrogen-bond acceptors (Lipinski definition) is 9. The first-order valence-electron chi connectivity index (χ1n) is 18.5. The minimum Gasteiger partial charge on any atom is -0.493 e. The van der Waals surface area contributed by atoms with Gasteiger partial charge in [0.15, 0.2) is 5.69 Å². The Kier molecular flexibility index (Phi) is 13.3. The molecule has 286 valence electrons. The zero-order valence-electron chi connectivity index (χ0n) is 30.8. The van der Waals surface area contributed by atoms with Crippen molar-refractivity contribution in [2.24, 2.45) is 0 Å². The first kappa shape index (κ1) is 39.6. The van der Waals surface area contributed by atoms with Gasteiger partial charge in [-0.25, -0.2) is 4.85 Å². The van der Waals surface area contributed by atoms with Crippen molar-refractivity contribution in [3.63, 3.8) is 0 Å². The third-order valence-electron chi connectivity index (χ3n) is 10.3. The summed E-state index contributed by atoms with van der Waals surface area (Å²) in [7, 11) is 0. The molecule has 0 bridgehead atoms. The Morgan fingerprint density at radius 2 is 1.84 bits per heavy atom. The molecule has 4 N–H and O–H groups in total. The number of rotatable bonds is 16. The number of likely N-dealkylation sites (tertiary alicyclic amines) is 1. The molecule has 55 heavy (non-hydrogen) atoms. The van der Waals surface area contributed by atoms with Crippen LogP contribution in [0.15, 0.2) is 66.7 Å². The largest absolute Gasteiger partial charge is 0.493 e. The Labute approximate surface area is 326 Å². The molecule has 0 aromatic heterocycles. The van der Waals surface area contributed by atoms with Gasteiger partial charge in [-0.05, 0) is 103 Å². The molecule has 1 aliphatic heterocycles. The van der Waals surface area contributed by atoms with Gasteiger partial charge in [0.05, 0.1) is 37.0 Å². The number of fused-ring (bicyclic) bond motifs is 1. The minimum atomic E-state index is -1.20. The van der Waals surface area contributed by atoms with Crippen LogP contribution in [-0.4, -0.2) is 71.2 Å². The Morgan fingerprint density at radius 1 is 1.05 bits per heavy atom. The van der Waals surface area contributed by atoms with Crippen molar-refractivity contribution in [2.75, 3.05) is 32.8 Å². The second-order valence-electron chi connectivity index (χ2n) is 14.0. The van der Waals surface area contributed by atoms with Crippen LogP contribution in [0.3, 0.4) is 0 Å². The fourth-order valence-electron chi connectivity index (χ4n) is 7.27. The van der Waals surface area contributed by atoms with E-state index in [0.717, 1.165) is 79.7 Å². The predicted octanol–water partition coefficient (Wildman–Crippen LogP) is 7.14. The number of carboxylic acid groups (broad SMARTS) is 1. The summed E-state index contributed by atoms with van der Waals surface area (Å²) in [5, 5.41) is 41.4. The number of nitrogens with zero attached hydrogens (tertiary/aromatic N) is 3. The van der Waals surface area contributed by atoms with Crippen molar-refractivity contribution in [3.05, 3.63) is 117 Å². The van der Waals surface area contributed by atoms with Crippen LogP contribution in [0.2, 0.25) is 5.02 Å². The molecule has 4 aromatic rings. The molecule has 11 nitrogen and oxygen atoms in total. The lowest BCUT2D eigenvalue weighted by atomic mass is 9.93. The van der Waals surface area contributed by atoms with Crippen molar-refractivity contribution in [3.8, 4) is 34.4 Å². The number of carbonyl (C=O) groups is 1. The maximum Gasteiger partial charge on any atom is 0.323 e. The van der Waals surface area contributed by atoms with Crippen LogP contribution >= 0.6 is 11.6 Å². The molecule has 1 aliphatic carbocycles. The number of halogens is 1. The van der Waals surface area contributed by atoms with E-state index in [1.54, 1.807) is 24.3 Å². The van der Waals surface area contributed by atoms with Gasteiger partial charge in [-0.2, -0.15) is 5.26 Å². The Bertz CT molecular complexity index is 2050. The van der Waals surface area contributed by atoms with Crippen molar-refractivity contribution in [1.29, 1.82) is 5.26 Å². The van der Waals surface area contributed by atoms with E-state index in [-0.39, 0.29) is 25.4 Å². The van der Waals surface area contributed by atoms with E-state index in [1.165, 1.54) is 11.6 Å². The van der Waals surface area contributed by atoms with Gasteiger partial charge in [-0.3, -0.25) is 10.1 Å². The number of hydrogen-bond donors (Lipinski definition) is 4. The van der Waals surface area contributed by atoms with E-state index in [4.69, 9.17) is 32.4 Å². The van der Waals surface area contributed by atoms with Crippen LogP contribution in [0.1, 0.15) is 65.2 Å². The van der Waals surface area contributed by atoms with Gasteiger partial charge in [-0.15, -0.1) is 0 Å². The van der Waals surface area contributed by atoms with E-state index in [2.05, 4.69) is 46.3 Å². The van der Waals surface area contributed by atoms with E-state index >= 15 is 0 Å². The topological polar surface area (TPSA) is 149 Å². The van der Waals surface area contributed by atoms with Gasteiger partial charge in [0.25, 0.3) is 0 Å². The molecule has 0 spiro atoms. The zero-order valence-corrected chi connectivity index (χ0v) is 31.5. The summed E-state index contributed by atoms with van der Waals surface area (Å²) >= 11 is 6.81. The second-order valence-corrected chi connectivity index (χ2v) is 14.4. The van der Waals surface area contributed by atoms with Crippen LogP contribution in [0.25, 0.3) is 16.0 Å². The first-order chi connectivity index (χ1) is 26.7. The average molecular weight is 765 g/mol. The fourth-order valence-corrected chi connectivity index (χ4v) is 7.50. The summed E-state index contributed by atoms with van der Waals surface area (Å²) in [5.41, 5.74) is 7.37. The third-order valence-corrected chi connectivity index (χ3v) is 10.6. The predicted molar refractivity (Wildman–Crippen MR) is 209 cm³/mol. The van der Waals surface area contributed by atoms with E-state index < -0.39 is 18.6 Å². The SMILES string of the molecule is [C-]#[N+]c1cc(C#N)cc(COc2cc(OC3CCc4c(-c5cccc(OCCCN6CCC(O)CC6)c5C)cccc43)c(Cl)cc2CN[C@@H](CO)C(=O)O)c1. The highest BCUT2D eigenvalue weighted by Crippen LogP contribution is 2.44. The van der Waals surface area contributed by atoms with Crippen LogP contribution in [-0.2, 0) is 24.4 Å². The maximum absolute atomic E-state index is 11.6. The summed E-state index contributed by atoms with van der Waals surface area (Å²) in [6, 6.07) is 21.4. The Morgan fingerprint density at radius 3 is 2.58 bits per heavy atom. The highest BCUT2D eigenvalue weighted by Gasteiger charge is 2.29. The number of ether oxygens (including phenoxy) is 3. The molecule has 4 aromatic carbocycles. The molecule has 6 rings (SSSR count). The second kappa shape index (κ2) is 18.5. The van der Waals surface area contributed by atoms with Crippen molar-refractivity contribution >= 4 is 23.3 Å². The number of aliphatic hydroxyl groups excluding tert-OH is 2. The molecule has 2 atom stereocenters. The minimum absolute atomic E-state index is 0.0235. The van der Waals surface area contributed by atoms with Crippen molar-refractivity contribution in [2.45, 2.75) is 70.4 Å². The Hall–Kier alpha value is -5.14. The lowest BCUT2D eigenvalue weighted by Gasteiger charge is -2.29. The summed E-state index contributed by atoms with van der Waals surface area (Å²) in [5.74, 6) is 0.424. The maximum atomic E-state index is 11.6. The van der Waals surface area contributed by atoms with Gasteiger partial charge >= 0.3 is 5.97 Å². The summed E-state index contributed by atoms with van der Waals surface area (Å²) < 4.78 is 19.1. The quantitative estimate of drug-likeness (QED) is 0.0685. The monoisotopic (exact) mass is 764 g/mol. The molecule has 0 saturated carbocycles. The molecule has 1 heterocycles. The van der Waals surface area contributed by atoms with Gasteiger partial charge < -0.3 is 34.4 Å². The molecule has 12 heteroatoms. The highest BCUT2D eigenvalue weighted by molar-refractivity contribution is 6.32. The van der Waals surface area contributed by atoms with E-state index in [1.807, 2.05) is 18.2 Å². The van der Waals surface area contributed by atoms with E-state index in [0.29, 0.717) is 45.5 Å². The van der Waals surface area contributed by atoms with Crippen LogP contribution in [0, 0.1) is 24.8 Å². The number of nitrogens with one attached hydrogen (secondary N) is 1. The van der Waals surface area contributed by atoms with Gasteiger partial charge in [0, 0.05) is 43.4 Å². The van der Waals surface area contributed by atoms with Gasteiger partial charge in [0.2, 0.25) is 0 Å². The smallest absolute Gasteiger partial charge is 0.323 e. The number of piperidine rings is 1. The number of aliphatic carboxylic acids is 1. The van der Waals surface area contributed by atoms with Gasteiger partial charge in [-0.1, -0.05) is 41.9 Å². The standard InChI is InChI=1S/C43H45ClN4O7/c1-27-33(6-4-9-39(27)53-17-5-14-48-15-12-32(50)13-16-48)34-7-3-8-36-35(34)10-11-40(36)55-42-22-41(30(21-37(42)44)24-47-38(25-49)43(51)52)54-26-29-18-28(23-45)19-31(20-29)46-2/h3-4,6-9,18-22,32,38,40,47,49-50H,5,10-17,24-26H2,1H3,(H,51,52)/t38-,40?/m0/s1. The van der Waals surface area contributed by atoms with Crippen LogP contribution in [0.5, 0.6) is 17.2 Å². The lowest BCUT2D eigenvalue weighted by molar-refractivity contribution is -0.140. The van der Waals surface area contributed by atoms with Crippen LogP contribution in [0.4, 0.5) is 5.69 Å². The number of aliphatic hydroxyl groups is 2. The molecule has 1 fully saturated rings. The van der Waals surface area contributed by atoms with Crippen molar-refractivity contribution < 1.29 is 34.3 Å². The molecule has 0 radical (unpaired) electrons. The third kappa shape index (κ3) is 9.76. The molecule has 2 aliphatic rings. The fraction of sp³-hybridized carbons (Fsp3) is 0.372. The summed E-state index contributed by atoms with van der Waals surface area (Å²) in [6.07, 6.45) is 3.63. The summed E-state index contributed by atoms with van der Waals surface area (Å²) in [4.78, 5) is 17.4. The molecule has 1 unspecified atom stereocenters. The molecule has 0 amide bonds. The Balaban J connectivity index is 1.20. The molecule has 1 saturated heterocycles. The average Bonchev–Trinajstić information content (AvgIpc) is 3.61. The first-order valence-corrected chi connectivity index (χ1v) is 18.9.